The zero-order valence-corrected chi connectivity index (χ0v) is 15.1. The Bertz CT molecular complexity index is 881. The highest BCUT2D eigenvalue weighted by Gasteiger charge is 2.36. The first-order valence-electron chi connectivity index (χ1n) is 7.29. The SMILES string of the molecule is COc1cccc(/C=C2\SC(=O)N(c3cccc(Cl)c3)C2=O)c1OC. The molecule has 7 heteroatoms. The van der Waals surface area contributed by atoms with E-state index in [0.717, 1.165) is 16.7 Å². The van der Waals surface area contributed by atoms with Gasteiger partial charge in [-0.1, -0.05) is 29.8 Å². The highest BCUT2D eigenvalue weighted by atomic mass is 35.5. The van der Waals surface area contributed by atoms with Crippen LogP contribution in [-0.4, -0.2) is 25.4 Å². The van der Waals surface area contributed by atoms with Crippen LogP contribution in [0.3, 0.4) is 0 Å². The monoisotopic (exact) mass is 375 g/mol. The molecule has 0 unspecified atom stereocenters. The Balaban J connectivity index is 1.99. The van der Waals surface area contributed by atoms with E-state index in [1.807, 2.05) is 0 Å². The number of imide groups is 1. The predicted octanol–water partition coefficient (Wildman–Crippen LogP) is 4.60. The Kier molecular flexibility index (Phi) is 5.01. The van der Waals surface area contributed by atoms with Crippen molar-refractivity contribution in [2.45, 2.75) is 0 Å². The maximum Gasteiger partial charge on any atom is 0.298 e. The molecule has 0 aliphatic carbocycles. The number of thioether (sulfide) groups is 1. The molecule has 5 nitrogen and oxygen atoms in total. The molecule has 0 bridgehead atoms. The van der Waals surface area contributed by atoms with E-state index >= 15 is 0 Å². The van der Waals surface area contributed by atoms with E-state index in [9.17, 15) is 9.59 Å². The van der Waals surface area contributed by atoms with Gasteiger partial charge in [-0.05, 0) is 42.1 Å². The molecule has 0 radical (unpaired) electrons. The number of methoxy groups -OCH3 is 2. The topological polar surface area (TPSA) is 55.8 Å². The Labute approximate surface area is 154 Å². The van der Waals surface area contributed by atoms with Crippen LogP contribution >= 0.6 is 23.4 Å². The summed E-state index contributed by atoms with van der Waals surface area (Å²) >= 11 is 6.83. The minimum atomic E-state index is -0.401. The second kappa shape index (κ2) is 7.21. The van der Waals surface area contributed by atoms with E-state index < -0.39 is 5.91 Å². The molecule has 0 spiro atoms. The first-order valence-corrected chi connectivity index (χ1v) is 8.49. The summed E-state index contributed by atoms with van der Waals surface area (Å²) in [4.78, 5) is 26.4. The van der Waals surface area contributed by atoms with Gasteiger partial charge in [-0.3, -0.25) is 9.59 Å². The van der Waals surface area contributed by atoms with Crippen molar-refractivity contribution in [1.82, 2.24) is 0 Å². The largest absolute Gasteiger partial charge is 0.493 e. The fourth-order valence-corrected chi connectivity index (χ4v) is 3.49. The lowest BCUT2D eigenvalue weighted by molar-refractivity contribution is -0.113. The maximum atomic E-state index is 12.7. The van der Waals surface area contributed by atoms with Gasteiger partial charge in [-0.15, -0.1) is 0 Å². The summed E-state index contributed by atoms with van der Waals surface area (Å²) < 4.78 is 10.6. The van der Waals surface area contributed by atoms with E-state index in [4.69, 9.17) is 21.1 Å². The molecule has 2 aromatic carbocycles. The standard InChI is InChI=1S/C18H14ClNO4S/c1-23-14-8-3-5-11(16(14)24-2)9-15-17(21)20(18(22)25-15)13-7-4-6-12(19)10-13/h3-10H,1-2H3/b15-9-. The predicted molar refractivity (Wildman–Crippen MR) is 99.4 cm³/mol. The fraction of sp³-hybridized carbons (Fsp3) is 0.111. The van der Waals surface area contributed by atoms with E-state index in [1.54, 1.807) is 48.5 Å². The number of rotatable bonds is 4. The van der Waals surface area contributed by atoms with Crippen LogP contribution in [0.5, 0.6) is 11.5 Å². The molecule has 0 saturated carbocycles. The van der Waals surface area contributed by atoms with Gasteiger partial charge in [0.2, 0.25) is 0 Å². The Morgan fingerprint density at radius 3 is 2.52 bits per heavy atom. The van der Waals surface area contributed by atoms with Crippen molar-refractivity contribution in [2.24, 2.45) is 0 Å². The molecule has 1 aliphatic heterocycles. The van der Waals surface area contributed by atoms with Crippen LogP contribution < -0.4 is 14.4 Å². The molecule has 0 atom stereocenters. The van der Waals surface area contributed by atoms with E-state index in [2.05, 4.69) is 0 Å². The zero-order valence-electron chi connectivity index (χ0n) is 13.5. The van der Waals surface area contributed by atoms with Gasteiger partial charge in [0.15, 0.2) is 11.5 Å². The number of ether oxygens (including phenoxy) is 2. The summed E-state index contributed by atoms with van der Waals surface area (Å²) in [6.45, 7) is 0. The molecular weight excluding hydrogens is 362 g/mol. The van der Waals surface area contributed by atoms with Crippen molar-refractivity contribution in [3.05, 3.63) is 58.0 Å². The average molecular weight is 376 g/mol. The number of hydrogen-bond acceptors (Lipinski definition) is 5. The highest BCUT2D eigenvalue weighted by Crippen LogP contribution is 2.39. The summed E-state index contributed by atoms with van der Waals surface area (Å²) in [6.07, 6.45) is 1.62. The molecule has 0 N–H and O–H groups in total. The molecular formula is C18H14ClNO4S. The van der Waals surface area contributed by atoms with Crippen LogP contribution in [0.4, 0.5) is 10.5 Å². The third-order valence-corrected chi connectivity index (χ3v) is 4.68. The van der Waals surface area contributed by atoms with Crippen molar-refractivity contribution in [1.29, 1.82) is 0 Å². The Morgan fingerprint density at radius 1 is 1.08 bits per heavy atom. The van der Waals surface area contributed by atoms with E-state index in [1.165, 1.54) is 14.2 Å². The third kappa shape index (κ3) is 3.36. The quantitative estimate of drug-likeness (QED) is 0.731. The number of halogens is 1. The summed E-state index contributed by atoms with van der Waals surface area (Å²) in [5, 5.41) is 0.0791. The van der Waals surface area contributed by atoms with Gasteiger partial charge >= 0.3 is 0 Å². The van der Waals surface area contributed by atoms with Crippen molar-refractivity contribution < 1.29 is 19.1 Å². The second-order valence-electron chi connectivity index (χ2n) is 5.08. The van der Waals surface area contributed by atoms with Crippen molar-refractivity contribution in [3.63, 3.8) is 0 Å². The second-order valence-corrected chi connectivity index (χ2v) is 6.51. The zero-order chi connectivity index (χ0) is 18.0. The molecule has 3 rings (SSSR count). The fourth-order valence-electron chi connectivity index (χ4n) is 2.47. The number of carbonyl (C=O) groups excluding carboxylic acids is 2. The van der Waals surface area contributed by atoms with Crippen LogP contribution in [0, 0.1) is 0 Å². The minimum absolute atomic E-state index is 0.302. The number of amides is 2. The summed E-state index contributed by atoms with van der Waals surface area (Å²) in [6, 6.07) is 11.9. The first kappa shape index (κ1) is 17.4. The van der Waals surface area contributed by atoms with Crippen LogP contribution in [-0.2, 0) is 4.79 Å². The molecule has 1 aliphatic rings. The molecule has 25 heavy (non-hydrogen) atoms. The molecule has 128 valence electrons. The van der Waals surface area contributed by atoms with Crippen molar-refractivity contribution in [3.8, 4) is 11.5 Å². The molecule has 0 aromatic heterocycles. The van der Waals surface area contributed by atoms with Crippen LogP contribution in [0.25, 0.3) is 6.08 Å². The van der Waals surface area contributed by atoms with Gasteiger partial charge in [-0.25, -0.2) is 4.90 Å². The number of benzene rings is 2. The first-order chi connectivity index (χ1) is 12.0. The summed E-state index contributed by atoms with van der Waals surface area (Å²) in [5.74, 6) is 0.645. The van der Waals surface area contributed by atoms with Gasteiger partial charge < -0.3 is 9.47 Å². The number of para-hydroxylation sites is 1. The lowest BCUT2D eigenvalue weighted by Gasteiger charge is -2.12. The van der Waals surface area contributed by atoms with Crippen LogP contribution in [0.2, 0.25) is 5.02 Å². The Hall–Kier alpha value is -2.44. The van der Waals surface area contributed by atoms with Crippen LogP contribution in [0.1, 0.15) is 5.56 Å². The molecule has 1 saturated heterocycles. The summed E-state index contributed by atoms with van der Waals surface area (Å²) in [5.41, 5.74) is 1.09. The molecule has 1 heterocycles. The number of anilines is 1. The number of hydrogen-bond donors (Lipinski definition) is 0. The number of carbonyl (C=O) groups is 2. The van der Waals surface area contributed by atoms with E-state index in [0.29, 0.717) is 32.7 Å². The normalized spacial score (nSPS) is 15.8. The third-order valence-electron chi connectivity index (χ3n) is 3.58. The van der Waals surface area contributed by atoms with Crippen molar-refractivity contribution >= 4 is 46.3 Å². The number of nitrogens with zero attached hydrogens (tertiary/aromatic N) is 1. The van der Waals surface area contributed by atoms with Crippen molar-refractivity contribution in [2.75, 3.05) is 19.1 Å². The van der Waals surface area contributed by atoms with Gasteiger partial charge in [-0.2, -0.15) is 0 Å². The maximum absolute atomic E-state index is 12.7. The lowest BCUT2D eigenvalue weighted by Crippen LogP contribution is -2.27. The van der Waals surface area contributed by atoms with Crippen LogP contribution in [0.15, 0.2) is 47.4 Å². The molecule has 2 amide bonds. The highest BCUT2D eigenvalue weighted by molar-refractivity contribution is 8.19. The average Bonchev–Trinajstić information content (AvgIpc) is 2.88. The van der Waals surface area contributed by atoms with Gasteiger partial charge in [0.05, 0.1) is 24.8 Å². The van der Waals surface area contributed by atoms with Gasteiger partial charge in [0.25, 0.3) is 11.1 Å². The Morgan fingerprint density at radius 2 is 1.84 bits per heavy atom. The molecule has 2 aromatic rings. The molecule has 1 fully saturated rings. The van der Waals surface area contributed by atoms with Gasteiger partial charge in [0, 0.05) is 10.6 Å². The van der Waals surface area contributed by atoms with Gasteiger partial charge in [0.1, 0.15) is 0 Å². The van der Waals surface area contributed by atoms with E-state index in [-0.39, 0.29) is 5.24 Å². The smallest absolute Gasteiger partial charge is 0.298 e. The summed E-state index contributed by atoms with van der Waals surface area (Å²) in [7, 11) is 3.06. The minimum Gasteiger partial charge on any atom is -0.493 e. The lowest BCUT2D eigenvalue weighted by atomic mass is 10.1.